The molecule has 16 heavy (non-hydrogen) atoms. The van der Waals surface area contributed by atoms with Gasteiger partial charge in [-0.25, -0.2) is 4.79 Å². The average Bonchev–Trinajstić information content (AvgIpc) is 2.93. The minimum absolute atomic E-state index is 0.0411. The molecule has 2 nitrogen and oxygen atoms in total. The highest BCUT2D eigenvalue weighted by Crippen LogP contribution is 2.54. The maximum atomic E-state index is 10.5. The van der Waals surface area contributed by atoms with Gasteiger partial charge in [-0.2, -0.15) is 0 Å². The van der Waals surface area contributed by atoms with Gasteiger partial charge in [0.25, 0.3) is 0 Å². The van der Waals surface area contributed by atoms with Crippen molar-refractivity contribution in [2.24, 2.45) is 5.41 Å². The summed E-state index contributed by atoms with van der Waals surface area (Å²) >= 11 is 0. The predicted molar refractivity (Wildman–Crippen MR) is 66.2 cm³/mol. The van der Waals surface area contributed by atoms with Crippen molar-refractivity contribution in [1.29, 1.82) is 0 Å². The highest BCUT2D eigenvalue weighted by molar-refractivity contribution is 5.81. The van der Waals surface area contributed by atoms with Crippen molar-refractivity contribution in [2.45, 2.75) is 26.7 Å². The monoisotopic (exact) mass is 218 g/mol. The number of hydrogen-bond donors (Lipinski definition) is 1. The maximum absolute atomic E-state index is 10.5. The minimum atomic E-state index is -0.911. The van der Waals surface area contributed by atoms with Gasteiger partial charge in [-0.1, -0.05) is 30.9 Å². The van der Waals surface area contributed by atoms with E-state index >= 15 is 0 Å². The Balaban J connectivity index is 2.75. The Morgan fingerprint density at radius 3 is 2.25 bits per heavy atom. The van der Waals surface area contributed by atoms with E-state index in [4.69, 9.17) is 5.11 Å². The molecule has 0 saturated heterocycles. The van der Waals surface area contributed by atoms with E-state index in [0.717, 1.165) is 29.6 Å². The second-order valence-corrected chi connectivity index (χ2v) is 4.47. The number of rotatable bonds is 5. The SMILES string of the molecule is C=C(C)C(=C)C1(C=CC(C)=CC(=O)O)CC1. The van der Waals surface area contributed by atoms with E-state index < -0.39 is 5.97 Å². The second-order valence-electron chi connectivity index (χ2n) is 4.47. The standard InChI is InChI=1S/C14H18O2/c1-10(2)12(4)14(7-8-14)6-5-11(3)9-13(15)16/h5-6,9H,1,4,7-8H2,2-3H3,(H,15,16). The molecule has 0 bridgehead atoms. The van der Waals surface area contributed by atoms with Crippen molar-refractivity contribution in [3.05, 3.63) is 48.1 Å². The van der Waals surface area contributed by atoms with Gasteiger partial charge in [-0.15, -0.1) is 0 Å². The summed E-state index contributed by atoms with van der Waals surface area (Å²) in [5, 5.41) is 8.58. The fourth-order valence-corrected chi connectivity index (χ4v) is 1.66. The molecule has 0 aromatic rings. The molecule has 0 heterocycles. The van der Waals surface area contributed by atoms with E-state index in [0.29, 0.717) is 0 Å². The summed E-state index contributed by atoms with van der Waals surface area (Å²) in [4.78, 5) is 10.5. The topological polar surface area (TPSA) is 37.3 Å². The van der Waals surface area contributed by atoms with Crippen LogP contribution >= 0.6 is 0 Å². The van der Waals surface area contributed by atoms with Crippen LogP contribution in [0.1, 0.15) is 26.7 Å². The molecule has 1 aliphatic rings. The van der Waals surface area contributed by atoms with Crippen LogP contribution in [0.2, 0.25) is 0 Å². The van der Waals surface area contributed by atoms with Gasteiger partial charge in [0.15, 0.2) is 0 Å². The Morgan fingerprint density at radius 2 is 1.88 bits per heavy atom. The molecule has 0 amide bonds. The van der Waals surface area contributed by atoms with Gasteiger partial charge in [-0.05, 0) is 37.8 Å². The fourth-order valence-electron chi connectivity index (χ4n) is 1.66. The molecule has 0 aromatic heterocycles. The smallest absolute Gasteiger partial charge is 0.328 e. The van der Waals surface area contributed by atoms with E-state index in [1.165, 1.54) is 6.08 Å². The van der Waals surface area contributed by atoms with Crippen LogP contribution in [0.25, 0.3) is 0 Å². The molecule has 0 radical (unpaired) electrons. The van der Waals surface area contributed by atoms with Crippen molar-refractivity contribution < 1.29 is 9.90 Å². The normalized spacial score (nSPS) is 18.5. The summed E-state index contributed by atoms with van der Waals surface area (Å²) in [5.74, 6) is -0.911. The molecular weight excluding hydrogens is 200 g/mol. The second kappa shape index (κ2) is 4.52. The number of allylic oxidation sites excluding steroid dienone is 5. The van der Waals surface area contributed by atoms with Gasteiger partial charge in [0, 0.05) is 11.5 Å². The number of carboxylic acid groups (broad SMARTS) is 1. The number of aliphatic carboxylic acids is 1. The summed E-state index contributed by atoms with van der Waals surface area (Å²) in [6.45, 7) is 11.7. The number of carboxylic acids is 1. The molecule has 1 saturated carbocycles. The Bertz CT molecular complexity index is 393. The molecule has 0 aromatic carbocycles. The van der Waals surface area contributed by atoms with E-state index in [2.05, 4.69) is 19.2 Å². The molecule has 86 valence electrons. The van der Waals surface area contributed by atoms with Gasteiger partial charge in [0.2, 0.25) is 0 Å². The van der Waals surface area contributed by atoms with Crippen LogP contribution in [0.5, 0.6) is 0 Å². The van der Waals surface area contributed by atoms with E-state index in [1.807, 2.05) is 13.0 Å². The van der Waals surface area contributed by atoms with Crippen molar-refractivity contribution in [3.63, 3.8) is 0 Å². The van der Waals surface area contributed by atoms with E-state index in [1.54, 1.807) is 6.92 Å². The summed E-state index contributed by atoms with van der Waals surface area (Å²) in [6, 6.07) is 0. The molecule has 0 aliphatic heterocycles. The van der Waals surface area contributed by atoms with Crippen LogP contribution in [-0.2, 0) is 4.79 Å². The number of carbonyl (C=O) groups is 1. The lowest BCUT2D eigenvalue weighted by Gasteiger charge is -2.13. The molecule has 0 unspecified atom stereocenters. The summed E-state index contributed by atoms with van der Waals surface area (Å²) in [7, 11) is 0. The van der Waals surface area contributed by atoms with E-state index in [9.17, 15) is 4.79 Å². The Kier molecular flexibility index (Phi) is 3.53. The molecule has 0 spiro atoms. The van der Waals surface area contributed by atoms with Crippen molar-refractivity contribution in [3.8, 4) is 0 Å². The minimum Gasteiger partial charge on any atom is -0.478 e. The van der Waals surface area contributed by atoms with Crippen LogP contribution < -0.4 is 0 Å². The van der Waals surface area contributed by atoms with Crippen LogP contribution in [-0.4, -0.2) is 11.1 Å². The lowest BCUT2D eigenvalue weighted by atomic mass is 9.91. The lowest BCUT2D eigenvalue weighted by Crippen LogP contribution is -2.00. The van der Waals surface area contributed by atoms with Crippen molar-refractivity contribution >= 4 is 5.97 Å². The highest BCUT2D eigenvalue weighted by atomic mass is 16.4. The summed E-state index contributed by atoms with van der Waals surface area (Å²) in [6.07, 6.45) is 7.27. The Hall–Kier alpha value is -1.57. The molecule has 1 aliphatic carbocycles. The summed E-state index contributed by atoms with van der Waals surface area (Å²) in [5.41, 5.74) is 2.85. The van der Waals surface area contributed by atoms with Gasteiger partial charge in [0.05, 0.1) is 0 Å². The first kappa shape index (κ1) is 12.5. The highest BCUT2D eigenvalue weighted by Gasteiger charge is 2.42. The van der Waals surface area contributed by atoms with Crippen molar-refractivity contribution in [1.82, 2.24) is 0 Å². The Labute approximate surface area is 96.7 Å². The van der Waals surface area contributed by atoms with Crippen LogP contribution in [0.4, 0.5) is 0 Å². The predicted octanol–water partition coefficient (Wildman–Crippen LogP) is 3.49. The maximum Gasteiger partial charge on any atom is 0.328 e. The van der Waals surface area contributed by atoms with Crippen LogP contribution in [0.3, 0.4) is 0 Å². The quantitative estimate of drug-likeness (QED) is 0.566. The fraction of sp³-hybridized carbons (Fsp3) is 0.357. The van der Waals surface area contributed by atoms with Gasteiger partial charge in [0.1, 0.15) is 0 Å². The average molecular weight is 218 g/mol. The molecule has 1 fully saturated rings. The first-order chi connectivity index (χ1) is 7.37. The largest absolute Gasteiger partial charge is 0.478 e. The zero-order valence-electron chi connectivity index (χ0n) is 9.92. The third kappa shape index (κ3) is 2.96. The third-order valence-electron chi connectivity index (χ3n) is 2.92. The number of hydrogen-bond acceptors (Lipinski definition) is 1. The zero-order valence-corrected chi connectivity index (χ0v) is 9.92. The van der Waals surface area contributed by atoms with Gasteiger partial charge in [-0.3, -0.25) is 0 Å². The third-order valence-corrected chi connectivity index (χ3v) is 2.92. The molecule has 2 heteroatoms. The lowest BCUT2D eigenvalue weighted by molar-refractivity contribution is -0.131. The van der Waals surface area contributed by atoms with Crippen molar-refractivity contribution in [2.75, 3.05) is 0 Å². The van der Waals surface area contributed by atoms with Crippen LogP contribution in [0.15, 0.2) is 48.1 Å². The first-order valence-corrected chi connectivity index (χ1v) is 5.33. The van der Waals surface area contributed by atoms with Gasteiger partial charge < -0.3 is 5.11 Å². The van der Waals surface area contributed by atoms with Crippen LogP contribution in [0, 0.1) is 5.41 Å². The molecule has 1 N–H and O–H groups in total. The summed E-state index contributed by atoms with van der Waals surface area (Å²) < 4.78 is 0. The zero-order chi connectivity index (χ0) is 12.3. The molecule has 0 atom stereocenters. The van der Waals surface area contributed by atoms with E-state index in [-0.39, 0.29) is 5.41 Å². The first-order valence-electron chi connectivity index (χ1n) is 5.33. The Morgan fingerprint density at radius 1 is 1.31 bits per heavy atom. The molecular formula is C14H18O2. The molecule has 1 rings (SSSR count). The van der Waals surface area contributed by atoms with Gasteiger partial charge >= 0.3 is 5.97 Å².